The number of nitrogens with zero attached hydrogens (tertiary/aromatic N) is 4. The van der Waals surface area contributed by atoms with Crippen molar-refractivity contribution in [2.75, 3.05) is 32.7 Å². The van der Waals surface area contributed by atoms with E-state index in [2.05, 4.69) is 32.6 Å². The Morgan fingerprint density at radius 2 is 1.83 bits per heavy atom. The molecule has 3 rings (SSSR count). The van der Waals surface area contributed by atoms with Crippen LogP contribution in [0.1, 0.15) is 49.9 Å². The summed E-state index contributed by atoms with van der Waals surface area (Å²) < 4.78 is 2.11. The lowest BCUT2D eigenvalue weighted by Gasteiger charge is -2.41. The van der Waals surface area contributed by atoms with Gasteiger partial charge in [0.1, 0.15) is 0 Å². The van der Waals surface area contributed by atoms with Crippen molar-refractivity contribution in [3.8, 4) is 0 Å². The standard InChI is InChI=1S/C19H34N4O/c1-16-14-17(2)23(20-16)12-7-9-21-13-8-18(19(24)15-21)22-10-5-3-4-6-11-22/h14,18-19,24H,3-13,15H2,1-2H3/t18-,19-/m1/s1. The average molecular weight is 335 g/mol. The number of β-amino-alcohol motifs (C(OH)–C–C–N with tert-alkyl or cyclic N) is 1. The summed E-state index contributed by atoms with van der Waals surface area (Å²) in [5.74, 6) is 0. The predicted octanol–water partition coefficient (Wildman–Crippen LogP) is 2.20. The van der Waals surface area contributed by atoms with Gasteiger partial charge in [0.25, 0.3) is 0 Å². The SMILES string of the molecule is Cc1cc(C)n(CCCN2CC[C@@H](N3CCCCCC3)[C@H](O)C2)n1. The maximum absolute atomic E-state index is 10.6. The van der Waals surface area contributed by atoms with Crippen LogP contribution in [0.4, 0.5) is 0 Å². The summed E-state index contributed by atoms with van der Waals surface area (Å²) in [4.78, 5) is 5.00. The molecule has 3 heterocycles. The second kappa shape index (κ2) is 8.45. The third kappa shape index (κ3) is 4.58. The van der Waals surface area contributed by atoms with Crippen LogP contribution >= 0.6 is 0 Å². The molecule has 2 aliphatic rings. The van der Waals surface area contributed by atoms with Crippen molar-refractivity contribution in [3.05, 3.63) is 17.5 Å². The smallest absolute Gasteiger partial charge is 0.0822 e. The van der Waals surface area contributed by atoms with Crippen LogP contribution in [0, 0.1) is 13.8 Å². The molecule has 2 fully saturated rings. The number of aliphatic hydroxyl groups excluding tert-OH is 1. The van der Waals surface area contributed by atoms with E-state index in [9.17, 15) is 5.11 Å². The van der Waals surface area contributed by atoms with Gasteiger partial charge in [-0.05, 0) is 65.2 Å². The Bertz CT molecular complexity index is 507. The fourth-order valence-electron chi connectivity index (χ4n) is 4.39. The molecule has 24 heavy (non-hydrogen) atoms. The summed E-state index contributed by atoms with van der Waals surface area (Å²) >= 11 is 0. The molecule has 1 aromatic rings. The van der Waals surface area contributed by atoms with Crippen molar-refractivity contribution in [1.82, 2.24) is 19.6 Å². The van der Waals surface area contributed by atoms with E-state index in [0.29, 0.717) is 6.04 Å². The molecule has 0 radical (unpaired) electrons. The van der Waals surface area contributed by atoms with E-state index in [1.54, 1.807) is 0 Å². The first-order valence-corrected chi connectivity index (χ1v) is 9.79. The molecule has 0 saturated carbocycles. The van der Waals surface area contributed by atoms with E-state index in [1.807, 2.05) is 6.92 Å². The fraction of sp³-hybridized carbons (Fsp3) is 0.842. The molecule has 1 aromatic heterocycles. The number of aliphatic hydroxyl groups is 1. The van der Waals surface area contributed by atoms with Gasteiger partial charge in [-0.3, -0.25) is 9.58 Å². The number of aryl methyl sites for hydroxylation is 3. The Morgan fingerprint density at radius 1 is 1.08 bits per heavy atom. The maximum atomic E-state index is 10.6. The molecular formula is C19H34N4O. The van der Waals surface area contributed by atoms with E-state index in [1.165, 1.54) is 44.5 Å². The minimum Gasteiger partial charge on any atom is -0.390 e. The van der Waals surface area contributed by atoms with Crippen molar-refractivity contribution in [2.24, 2.45) is 0 Å². The highest BCUT2D eigenvalue weighted by atomic mass is 16.3. The Labute approximate surface area is 146 Å². The lowest BCUT2D eigenvalue weighted by molar-refractivity contribution is -0.0125. The summed E-state index contributed by atoms with van der Waals surface area (Å²) in [5.41, 5.74) is 2.34. The van der Waals surface area contributed by atoms with Crippen LogP contribution in [-0.4, -0.2) is 69.6 Å². The van der Waals surface area contributed by atoms with E-state index < -0.39 is 0 Å². The van der Waals surface area contributed by atoms with E-state index in [4.69, 9.17) is 0 Å². The van der Waals surface area contributed by atoms with E-state index in [-0.39, 0.29) is 6.10 Å². The molecule has 2 aliphatic heterocycles. The molecule has 0 aliphatic carbocycles. The van der Waals surface area contributed by atoms with Gasteiger partial charge in [-0.2, -0.15) is 5.10 Å². The van der Waals surface area contributed by atoms with Crippen LogP contribution < -0.4 is 0 Å². The monoisotopic (exact) mass is 334 g/mol. The molecule has 136 valence electrons. The topological polar surface area (TPSA) is 44.5 Å². The second-order valence-electron chi connectivity index (χ2n) is 7.68. The van der Waals surface area contributed by atoms with E-state index in [0.717, 1.165) is 44.7 Å². The fourth-order valence-corrected chi connectivity index (χ4v) is 4.39. The lowest BCUT2D eigenvalue weighted by Crippen LogP contribution is -2.54. The summed E-state index contributed by atoms with van der Waals surface area (Å²) in [6.45, 7) is 10.5. The van der Waals surface area contributed by atoms with Crippen molar-refractivity contribution in [2.45, 2.75) is 71.1 Å². The van der Waals surface area contributed by atoms with E-state index >= 15 is 0 Å². The predicted molar refractivity (Wildman–Crippen MR) is 97.2 cm³/mol. The molecule has 0 spiro atoms. The summed E-state index contributed by atoms with van der Waals surface area (Å²) in [7, 11) is 0. The minimum atomic E-state index is -0.189. The van der Waals surface area contributed by atoms with Crippen molar-refractivity contribution >= 4 is 0 Å². The summed E-state index contributed by atoms with van der Waals surface area (Å²) in [6.07, 6.45) is 7.34. The van der Waals surface area contributed by atoms with Gasteiger partial charge in [0.2, 0.25) is 0 Å². The largest absolute Gasteiger partial charge is 0.390 e. The molecule has 0 aromatic carbocycles. The van der Waals surface area contributed by atoms with Gasteiger partial charge in [0.15, 0.2) is 0 Å². The number of hydrogen-bond acceptors (Lipinski definition) is 4. The zero-order chi connectivity index (χ0) is 16.9. The van der Waals surface area contributed by atoms with Gasteiger partial charge in [0.05, 0.1) is 11.8 Å². The molecule has 1 N–H and O–H groups in total. The van der Waals surface area contributed by atoms with Crippen molar-refractivity contribution in [3.63, 3.8) is 0 Å². The average Bonchev–Trinajstić information content (AvgIpc) is 2.76. The zero-order valence-corrected chi connectivity index (χ0v) is 15.5. The molecule has 0 bridgehead atoms. The van der Waals surface area contributed by atoms with Crippen LogP contribution in [-0.2, 0) is 6.54 Å². The number of likely N-dealkylation sites (tertiary alicyclic amines) is 2. The van der Waals surface area contributed by atoms with Crippen LogP contribution in [0.2, 0.25) is 0 Å². The second-order valence-corrected chi connectivity index (χ2v) is 7.68. The van der Waals surface area contributed by atoms with Crippen molar-refractivity contribution < 1.29 is 5.11 Å². The molecule has 2 saturated heterocycles. The van der Waals surface area contributed by atoms with Crippen LogP contribution in [0.25, 0.3) is 0 Å². The van der Waals surface area contributed by atoms with Gasteiger partial charge >= 0.3 is 0 Å². The van der Waals surface area contributed by atoms with Crippen LogP contribution in [0.5, 0.6) is 0 Å². The third-order valence-electron chi connectivity index (χ3n) is 5.69. The third-order valence-corrected chi connectivity index (χ3v) is 5.69. The highest BCUT2D eigenvalue weighted by Gasteiger charge is 2.31. The summed E-state index contributed by atoms with van der Waals surface area (Å²) in [6, 6.07) is 2.52. The molecule has 5 nitrogen and oxygen atoms in total. The first kappa shape index (κ1) is 17.9. The number of piperidine rings is 1. The van der Waals surface area contributed by atoms with Gasteiger partial charge in [-0.25, -0.2) is 0 Å². The lowest BCUT2D eigenvalue weighted by atomic mass is 9.99. The molecule has 2 atom stereocenters. The highest BCUT2D eigenvalue weighted by molar-refractivity contribution is 5.06. The maximum Gasteiger partial charge on any atom is 0.0822 e. The zero-order valence-electron chi connectivity index (χ0n) is 15.5. The van der Waals surface area contributed by atoms with Gasteiger partial charge in [-0.1, -0.05) is 12.8 Å². The van der Waals surface area contributed by atoms with Crippen LogP contribution in [0.15, 0.2) is 6.07 Å². The first-order valence-electron chi connectivity index (χ1n) is 9.79. The Morgan fingerprint density at radius 3 is 2.46 bits per heavy atom. The molecule has 0 amide bonds. The first-order chi connectivity index (χ1) is 11.6. The van der Waals surface area contributed by atoms with Crippen molar-refractivity contribution in [1.29, 1.82) is 0 Å². The van der Waals surface area contributed by atoms with Gasteiger partial charge in [0, 0.05) is 31.4 Å². The Kier molecular flexibility index (Phi) is 6.31. The number of hydrogen-bond donors (Lipinski definition) is 1. The minimum absolute atomic E-state index is 0.189. The van der Waals surface area contributed by atoms with Gasteiger partial charge in [-0.15, -0.1) is 0 Å². The Balaban J connectivity index is 1.42. The quantitative estimate of drug-likeness (QED) is 0.897. The number of aromatic nitrogens is 2. The van der Waals surface area contributed by atoms with Gasteiger partial charge < -0.3 is 10.0 Å². The molecule has 0 unspecified atom stereocenters. The van der Waals surface area contributed by atoms with Crippen LogP contribution in [0.3, 0.4) is 0 Å². The number of rotatable bonds is 5. The summed E-state index contributed by atoms with van der Waals surface area (Å²) in [5, 5.41) is 15.2. The highest BCUT2D eigenvalue weighted by Crippen LogP contribution is 2.21. The normalized spacial score (nSPS) is 27.3. The molecule has 5 heteroatoms. The Hall–Kier alpha value is -0.910. The molecular weight excluding hydrogens is 300 g/mol.